The zero-order valence-electron chi connectivity index (χ0n) is 9.28. The molecule has 0 amide bonds. The summed E-state index contributed by atoms with van der Waals surface area (Å²) in [6, 6.07) is 0. The van der Waals surface area contributed by atoms with Crippen LogP contribution in [0.2, 0.25) is 0 Å². The molecular formula is C10H22Br2Mg. The van der Waals surface area contributed by atoms with E-state index in [2.05, 4.69) is 20.8 Å². The third-order valence-corrected chi connectivity index (χ3v) is 2.24. The molecule has 0 aliphatic carbocycles. The minimum atomic E-state index is 0. The van der Waals surface area contributed by atoms with Crippen LogP contribution in [0.1, 0.15) is 59.3 Å². The summed E-state index contributed by atoms with van der Waals surface area (Å²) in [5, 5.41) is 0. The first-order valence-corrected chi connectivity index (χ1v) is 4.85. The van der Waals surface area contributed by atoms with Gasteiger partial charge in [0.25, 0.3) is 0 Å². The van der Waals surface area contributed by atoms with Gasteiger partial charge in [-0.2, -0.15) is 0 Å². The van der Waals surface area contributed by atoms with E-state index in [0.29, 0.717) is 0 Å². The Kier molecular flexibility index (Phi) is 35.8. The average Bonchev–Trinajstić information content (AvgIpc) is 1.98. The SMILES string of the molecule is CCCCC(CC)CCC.[Br-].[Br-].[Mg+2]. The molecule has 13 heavy (non-hydrogen) atoms. The molecule has 0 fully saturated rings. The van der Waals surface area contributed by atoms with E-state index in [4.69, 9.17) is 0 Å². The Hall–Kier alpha value is 1.73. The first kappa shape index (κ1) is 24.1. The van der Waals surface area contributed by atoms with Crippen LogP contribution in [0.5, 0.6) is 0 Å². The Bertz CT molecular complexity index is 69.9. The van der Waals surface area contributed by atoms with Gasteiger partial charge in [0, 0.05) is 0 Å². The molecule has 0 saturated carbocycles. The first-order valence-electron chi connectivity index (χ1n) is 4.85. The summed E-state index contributed by atoms with van der Waals surface area (Å²) in [6.45, 7) is 6.88. The number of rotatable bonds is 6. The van der Waals surface area contributed by atoms with Crippen molar-refractivity contribution in [1.29, 1.82) is 0 Å². The molecule has 0 aromatic rings. The van der Waals surface area contributed by atoms with Crippen molar-refractivity contribution in [1.82, 2.24) is 0 Å². The fraction of sp³-hybridized carbons (Fsp3) is 1.00. The van der Waals surface area contributed by atoms with Crippen LogP contribution in [0.25, 0.3) is 0 Å². The maximum atomic E-state index is 2.32. The van der Waals surface area contributed by atoms with E-state index in [0.717, 1.165) is 5.92 Å². The molecule has 0 heterocycles. The largest absolute Gasteiger partial charge is 2.00 e. The molecule has 0 spiro atoms. The Morgan fingerprint density at radius 2 is 1.38 bits per heavy atom. The van der Waals surface area contributed by atoms with Crippen LogP contribution in [-0.4, -0.2) is 23.1 Å². The predicted octanol–water partition coefficient (Wildman–Crippen LogP) is -2.37. The van der Waals surface area contributed by atoms with Gasteiger partial charge in [-0.3, -0.25) is 0 Å². The summed E-state index contributed by atoms with van der Waals surface area (Å²) in [5.74, 6) is 1.02. The number of hydrogen-bond donors (Lipinski definition) is 0. The van der Waals surface area contributed by atoms with E-state index in [1.807, 2.05) is 0 Å². The molecule has 0 saturated heterocycles. The second-order valence-electron chi connectivity index (χ2n) is 3.21. The predicted molar refractivity (Wildman–Crippen MR) is 54.0 cm³/mol. The minimum absolute atomic E-state index is 0. The molecule has 1 unspecified atom stereocenters. The second-order valence-corrected chi connectivity index (χ2v) is 3.21. The van der Waals surface area contributed by atoms with E-state index in [-0.39, 0.29) is 57.0 Å². The minimum Gasteiger partial charge on any atom is -1.00 e. The quantitative estimate of drug-likeness (QED) is 0.479. The van der Waals surface area contributed by atoms with Crippen molar-refractivity contribution in [2.75, 3.05) is 0 Å². The van der Waals surface area contributed by atoms with Crippen molar-refractivity contribution in [2.24, 2.45) is 5.92 Å². The van der Waals surface area contributed by atoms with Gasteiger partial charge in [0.15, 0.2) is 0 Å². The summed E-state index contributed by atoms with van der Waals surface area (Å²) in [5.41, 5.74) is 0. The number of hydrogen-bond acceptors (Lipinski definition) is 0. The standard InChI is InChI=1S/C10H22.2BrH.Mg/c1-4-7-9-10(6-3)8-5-2;;;/h10H,4-9H2,1-3H3;2*1H;/q;;;+2/p-2. The summed E-state index contributed by atoms with van der Waals surface area (Å²) < 4.78 is 0. The number of unbranched alkanes of at least 4 members (excludes halogenated alkanes) is 1. The molecule has 0 N–H and O–H groups in total. The topological polar surface area (TPSA) is 0 Å². The molecule has 3 heteroatoms. The van der Waals surface area contributed by atoms with Crippen LogP contribution < -0.4 is 34.0 Å². The van der Waals surface area contributed by atoms with E-state index in [9.17, 15) is 0 Å². The van der Waals surface area contributed by atoms with Gasteiger partial charge >= 0.3 is 23.1 Å². The summed E-state index contributed by atoms with van der Waals surface area (Å²) in [7, 11) is 0. The van der Waals surface area contributed by atoms with Gasteiger partial charge in [0.1, 0.15) is 0 Å². The normalized spacial score (nSPS) is 10.4. The van der Waals surface area contributed by atoms with Crippen LogP contribution >= 0.6 is 0 Å². The molecule has 0 aromatic carbocycles. The monoisotopic (exact) mass is 324 g/mol. The molecule has 0 nitrogen and oxygen atoms in total. The van der Waals surface area contributed by atoms with E-state index < -0.39 is 0 Å². The fourth-order valence-corrected chi connectivity index (χ4v) is 1.45. The first-order chi connectivity index (χ1) is 4.85. The maximum absolute atomic E-state index is 2.32. The van der Waals surface area contributed by atoms with Crippen LogP contribution in [0.4, 0.5) is 0 Å². The van der Waals surface area contributed by atoms with Gasteiger partial charge in [-0.1, -0.05) is 59.3 Å². The third-order valence-electron chi connectivity index (χ3n) is 2.24. The molecule has 78 valence electrons. The van der Waals surface area contributed by atoms with Crippen molar-refractivity contribution >= 4 is 23.1 Å². The average molecular weight is 326 g/mol. The Balaban J connectivity index is -0.000000135. The van der Waals surface area contributed by atoms with Crippen molar-refractivity contribution < 1.29 is 34.0 Å². The van der Waals surface area contributed by atoms with Crippen molar-refractivity contribution in [3.05, 3.63) is 0 Å². The number of halogens is 2. The van der Waals surface area contributed by atoms with Crippen LogP contribution in [-0.2, 0) is 0 Å². The van der Waals surface area contributed by atoms with Crippen LogP contribution in [0, 0.1) is 5.92 Å². The van der Waals surface area contributed by atoms with Crippen LogP contribution in [0.3, 0.4) is 0 Å². The molecule has 0 aliphatic rings. The molecule has 0 aliphatic heterocycles. The smallest absolute Gasteiger partial charge is 1.00 e. The fourth-order valence-electron chi connectivity index (χ4n) is 1.45. The van der Waals surface area contributed by atoms with E-state index in [1.54, 1.807) is 0 Å². The van der Waals surface area contributed by atoms with E-state index >= 15 is 0 Å². The van der Waals surface area contributed by atoms with Gasteiger partial charge in [0.2, 0.25) is 0 Å². The summed E-state index contributed by atoms with van der Waals surface area (Å²) in [6.07, 6.45) is 8.44. The van der Waals surface area contributed by atoms with Gasteiger partial charge < -0.3 is 34.0 Å². The van der Waals surface area contributed by atoms with Gasteiger partial charge in [-0.15, -0.1) is 0 Å². The van der Waals surface area contributed by atoms with E-state index in [1.165, 1.54) is 38.5 Å². The molecule has 1 atom stereocenters. The molecule has 0 aromatic heterocycles. The Labute approximate surface area is 121 Å². The third kappa shape index (κ3) is 16.4. The summed E-state index contributed by atoms with van der Waals surface area (Å²) in [4.78, 5) is 0. The second kappa shape index (κ2) is 19.3. The van der Waals surface area contributed by atoms with Crippen molar-refractivity contribution in [2.45, 2.75) is 59.3 Å². The van der Waals surface area contributed by atoms with Gasteiger partial charge in [-0.05, 0) is 5.92 Å². The van der Waals surface area contributed by atoms with Gasteiger partial charge in [-0.25, -0.2) is 0 Å². The van der Waals surface area contributed by atoms with Crippen LogP contribution in [0.15, 0.2) is 0 Å². The van der Waals surface area contributed by atoms with Crippen molar-refractivity contribution in [3.8, 4) is 0 Å². The zero-order valence-corrected chi connectivity index (χ0v) is 13.9. The molecule has 0 bridgehead atoms. The molecular weight excluding hydrogens is 304 g/mol. The van der Waals surface area contributed by atoms with Gasteiger partial charge in [0.05, 0.1) is 0 Å². The summed E-state index contributed by atoms with van der Waals surface area (Å²) >= 11 is 0. The molecule has 0 radical (unpaired) electrons. The maximum Gasteiger partial charge on any atom is 2.00 e. The zero-order chi connectivity index (χ0) is 7.82. The Morgan fingerprint density at radius 3 is 1.69 bits per heavy atom. The molecule has 0 rings (SSSR count). The Morgan fingerprint density at radius 1 is 0.846 bits per heavy atom. The van der Waals surface area contributed by atoms with Crippen molar-refractivity contribution in [3.63, 3.8) is 0 Å².